The average molecular weight is 863 g/mol. The van der Waals surface area contributed by atoms with E-state index in [1.807, 2.05) is 0 Å². The zero-order chi connectivity index (χ0) is 44.4. The Hall–Kier alpha value is -2.34. The molecule has 0 aliphatic carbocycles. The minimum Gasteiger partial charge on any atom is -0.462 e. The summed E-state index contributed by atoms with van der Waals surface area (Å²) in [5, 5.41) is 40.2. The Kier molecular flexibility index (Phi) is 38.7. The van der Waals surface area contributed by atoms with Crippen molar-refractivity contribution in [2.45, 2.75) is 243 Å². The maximum absolute atomic E-state index is 12.8. The molecule has 1 rings (SSSR count). The van der Waals surface area contributed by atoms with Gasteiger partial charge in [-0.05, 0) is 51.4 Å². The van der Waals surface area contributed by atoms with E-state index < -0.39 is 55.4 Å². The highest BCUT2D eigenvalue weighted by atomic mass is 16.7. The van der Waals surface area contributed by atoms with E-state index in [2.05, 4.69) is 62.5 Å². The molecule has 4 N–H and O–H groups in total. The van der Waals surface area contributed by atoms with Crippen LogP contribution in [0.5, 0.6) is 0 Å². The topological polar surface area (TPSA) is 152 Å². The maximum atomic E-state index is 12.8. The predicted molar refractivity (Wildman–Crippen MR) is 247 cm³/mol. The van der Waals surface area contributed by atoms with E-state index in [-0.39, 0.29) is 26.1 Å². The molecule has 354 valence electrons. The summed E-state index contributed by atoms with van der Waals surface area (Å²) in [7, 11) is 0. The third-order valence-electron chi connectivity index (χ3n) is 11.2. The molecule has 0 aromatic carbocycles. The Morgan fingerprint density at radius 2 is 0.951 bits per heavy atom. The van der Waals surface area contributed by atoms with Gasteiger partial charge in [-0.2, -0.15) is 0 Å². The Bertz CT molecular complexity index is 1130. The first-order valence-electron chi connectivity index (χ1n) is 24.7. The number of ether oxygens (including phenoxy) is 4. The van der Waals surface area contributed by atoms with Crippen LogP contribution in [0.2, 0.25) is 0 Å². The summed E-state index contributed by atoms with van der Waals surface area (Å²) in [6.07, 6.45) is 42.6. The van der Waals surface area contributed by atoms with Crippen LogP contribution < -0.4 is 0 Å². The average Bonchev–Trinajstić information content (AvgIpc) is 3.26. The van der Waals surface area contributed by atoms with Crippen molar-refractivity contribution in [2.75, 3.05) is 19.8 Å². The van der Waals surface area contributed by atoms with Crippen molar-refractivity contribution in [3.63, 3.8) is 0 Å². The van der Waals surface area contributed by atoms with E-state index in [0.29, 0.717) is 12.8 Å². The Balaban J connectivity index is 2.30. The van der Waals surface area contributed by atoms with Crippen LogP contribution in [0.4, 0.5) is 0 Å². The van der Waals surface area contributed by atoms with Gasteiger partial charge in [0.2, 0.25) is 0 Å². The molecule has 10 heteroatoms. The van der Waals surface area contributed by atoms with Gasteiger partial charge in [0, 0.05) is 12.8 Å². The lowest BCUT2D eigenvalue weighted by atomic mass is 9.99. The van der Waals surface area contributed by atoms with Crippen molar-refractivity contribution >= 4 is 11.9 Å². The van der Waals surface area contributed by atoms with Crippen LogP contribution in [0, 0.1) is 0 Å². The number of hydrogen-bond acceptors (Lipinski definition) is 10. The highest BCUT2D eigenvalue weighted by Gasteiger charge is 2.44. The molecule has 1 aliphatic heterocycles. The van der Waals surface area contributed by atoms with Crippen molar-refractivity contribution in [3.8, 4) is 0 Å². The molecule has 0 spiro atoms. The fraction of sp³-hybridized carbons (Fsp3) is 0.804. The molecular weight excluding hydrogens is 773 g/mol. The number of esters is 2. The largest absolute Gasteiger partial charge is 0.462 e. The summed E-state index contributed by atoms with van der Waals surface area (Å²) in [4.78, 5) is 25.4. The number of carbonyl (C=O) groups is 2. The van der Waals surface area contributed by atoms with Gasteiger partial charge < -0.3 is 39.4 Å². The quantitative estimate of drug-likeness (QED) is 0.0265. The Morgan fingerprint density at radius 1 is 0.508 bits per heavy atom. The first-order valence-corrected chi connectivity index (χ1v) is 24.7. The maximum Gasteiger partial charge on any atom is 0.306 e. The van der Waals surface area contributed by atoms with E-state index >= 15 is 0 Å². The van der Waals surface area contributed by atoms with Crippen LogP contribution in [-0.4, -0.2) is 89.0 Å². The summed E-state index contributed by atoms with van der Waals surface area (Å²) in [6.45, 7) is 3.34. The number of carbonyl (C=O) groups excluding carboxylic acids is 2. The van der Waals surface area contributed by atoms with Gasteiger partial charge >= 0.3 is 11.9 Å². The van der Waals surface area contributed by atoms with Crippen molar-refractivity contribution < 1.29 is 49.0 Å². The van der Waals surface area contributed by atoms with Crippen LogP contribution in [-0.2, 0) is 28.5 Å². The number of aliphatic hydroxyl groups excluding tert-OH is 4. The van der Waals surface area contributed by atoms with Gasteiger partial charge in [-0.25, -0.2) is 0 Å². The van der Waals surface area contributed by atoms with E-state index in [1.165, 1.54) is 103 Å². The minimum atomic E-state index is -1.60. The molecule has 0 bridgehead atoms. The van der Waals surface area contributed by atoms with Gasteiger partial charge in [0.25, 0.3) is 0 Å². The molecule has 0 aromatic heterocycles. The van der Waals surface area contributed by atoms with Crippen LogP contribution >= 0.6 is 0 Å². The van der Waals surface area contributed by atoms with E-state index in [9.17, 15) is 30.0 Å². The molecule has 0 radical (unpaired) electrons. The van der Waals surface area contributed by atoms with Crippen LogP contribution in [0.25, 0.3) is 0 Å². The fourth-order valence-corrected chi connectivity index (χ4v) is 7.30. The summed E-state index contributed by atoms with van der Waals surface area (Å²) in [6, 6.07) is 0. The molecule has 1 aliphatic rings. The van der Waals surface area contributed by atoms with Crippen LogP contribution in [0.15, 0.2) is 48.6 Å². The van der Waals surface area contributed by atoms with Gasteiger partial charge in [0.05, 0.1) is 13.2 Å². The van der Waals surface area contributed by atoms with Crippen molar-refractivity contribution in [2.24, 2.45) is 0 Å². The molecule has 1 fully saturated rings. The SMILES string of the molecule is CCC/C=C/C/C=C/C/C=C/C/C=C/CCCCCC(=O)OC[C@H](CO[C@@H]1O[C@H](CO)[C@H](O)C(O)C1O)OC(=O)CCCCCCCCCCCCCCCCCCCCC. The lowest BCUT2D eigenvalue weighted by Crippen LogP contribution is -2.59. The number of allylic oxidation sites excluding steroid dienone is 8. The van der Waals surface area contributed by atoms with Gasteiger partial charge in [-0.3, -0.25) is 9.59 Å². The van der Waals surface area contributed by atoms with Crippen molar-refractivity contribution in [1.82, 2.24) is 0 Å². The molecule has 61 heavy (non-hydrogen) atoms. The second kappa shape index (κ2) is 41.7. The molecule has 10 nitrogen and oxygen atoms in total. The summed E-state index contributed by atoms with van der Waals surface area (Å²) >= 11 is 0. The minimum absolute atomic E-state index is 0.225. The van der Waals surface area contributed by atoms with E-state index in [0.717, 1.165) is 64.2 Å². The summed E-state index contributed by atoms with van der Waals surface area (Å²) in [5.74, 6) is -0.837. The number of aliphatic hydroxyl groups is 4. The van der Waals surface area contributed by atoms with Gasteiger partial charge in [0.15, 0.2) is 12.4 Å². The van der Waals surface area contributed by atoms with Crippen molar-refractivity contribution in [1.29, 1.82) is 0 Å². The third-order valence-corrected chi connectivity index (χ3v) is 11.2. The Morgan fingerprint density at radius 3 is 1.44 bits per heavy atom. The zero-order valence-electron chi connectivity index (χ0n) is 38.7. The smallest absolute Gasteiger partial charge is 0.306 e. The second-order valence-corrected chi connectivity index (χ2v) is 16.9. The van der Waals surface area contributed by atoms with Gasteiger partial charge in [-0.15, -0.1) is 0 Å². The Labute approximate surface area is 371 Å². The number of unbranched alkanes of at least 4 members (excludes halogenated alkanes) is 22. The van der Waals surface area contributed by atoms with E-state index in [1.54, 1.807) is 0 Å². The van der Waals surface area contributed by atoms with Crippen LogP contribution in [0.3, 0.4) is 0 Å². The molecule has 0 amide bonds. The highest BCUT2D eigenvalue weighted by Crippen LogP contribution is 2.23. The monoisotopic (exact) mass is 863 g/mol. The molecule has 0 aromatic rings. The van der Waals surface area contributed by atoms with E-state index in [4.69, 9.17) is 18.9 Å². The first-order chi connectivity index (χ1) is 29.8. The third kappa shape index (κ3) is 32.9. The molecule has 1 saturated heterocycles. The lowest BCUT2D eigenvalue weighted by molar-refractivity contribution is -0.305. The molecule has 6 atom stereocenters. The van der Waals surface area contributed by atoms with Crippen LogP contribution in [0.1, 0.15) is 206 Å². The standard InChI is InChI=1S/C51H90O10/c1-3-5-7-9-11-13-15-17-19-21-22-24-26-28-30-32-34-36-38-40-47(54)60-44(43-59-51-50(57)49(56)48(55)45(41-52)61-51)42-58-46(53)39-37-35-33-31-29-27-25-23-20-18-16-14-12-10-8-6-4-2/h8,10,14,16,20,23,27,29,44-45,48-52,55-57H,3-7,9,11-13,15,17-19,21-22,24-26,28,30-43H2,1-2H3/b10-8+,16-14+,23-20+,29-27+/t44-,45-,48+,49?,50?,51-/m1/s1. The molecule has 2 unspecified atom stereocenters. The summed E-state index contributed by atoms with van der Waals surface area (Å²) in [5.41, 5.74) is 0. The molecular formula is C51H90O10. The number of hydrogen-bond donors (Lipinski definition) is 4. The zero-order valence-corrected chi connectivity index (χ0v) is 38.7. The lowest BCUT2D eigenvalue weighted by Gasteiger charge is -2.39. The molecule has 1 heterocycles. The van der Waals surface area contributed by atoms with Crippen molar-refractivity contribution in [3.05, 3.63) is 48.6 Å². The number of rotatable bonds is 41. The predicted octanol–water partition coefficient (Wildman–Crippen LogP) is 11.2. The highest BCUT2D eigenvalue weighted by molar-refractivity contribution is 5.70. The fourth-order valence-electron chi connectivity index (χ4n) is 7.30. The summed E-state index contributed by atoms with van der Waals surface area (Å²) < 4.78 is 22.2. The normalized spacial score (nSPS) is 20.1. The van der Waals surface area contributed by atoms with Gasteiger partial charge in [-0.1, -0.05) is 191 Å². The molecule has 0 saturated carbocycles. The first kappa shape index (κ1) is 56.7. The second-order valence-electron chi connectivity index (χ2n) is 16.9. The van der Waals surface area contributed by atoms with Gasteiger partial charge in [0.1, 0.15) is 31.0 Å².